The van der Waals surface area contributed by atoms with Crippen LogP contribution in [0.15, 0.2) is 29.5 Å². The third kappa shape index (κ3) is 5.27. The number of hydrogen-bond donors (Lipinski definition) is 2. The van der Waals surface area contributed by atoms with Crippen molar-refractivity contribution in [1.29, 1.82) is 0 Å². The lowest BCUT2D eigenvalue weighted by Gasteiger charge is -2.34. The molecule has 2 aromatic heterocycles. The molecule has 0 aliphatic carbocycles. The van der Waals surface area contributed by atoms with E-state index >= 15 is 0 Å². The van der Waals surface area contributed by atoms with E-state index in [0.29, 0.717) is 16.7 Å². The number of piperazine rings is 1. The van der Waals surface area contributed by atoms with Crippen molar-refractivity contribution in [3.8, 4) is 0 Å². The van der Waals surface area contributed by atoms with Crippen LogP contribution in [0.5, 0.6) is 0 Å². The molecule has 152 valence electrons. The third-order valence-corrected chi connectivity index (χ3v) is 5.65. The second kappa shape index (κ2) is 9.95. The van der Waals surface area contributed by atoms with Crippen LogP contribution in [0.25, 0.3) is 0 Å². The summed E-state index contributed by atoms with van der Waals surface area (Å²) in [6.45, 7) is 6.22. The van der Waals surface area contributed by atoms with Crippen molar-refractivity contribution < 1.29 is 0 Å². The second-order valence-corrected chi connectivity index (χ2v) is 7.33. The first-order chi connectivity index (χ1) is 13.6. The molecule has 1 aliphatic rings. The van der Waals surface area contributed by atoms with Gasteiger partial charge in [0.25, 0.3) is 0 Å². The zero-order valence-corrected chi connectivity index (χ0v) is 17.7. The van der Waals surface area contributed by atoms with E-state index in [1.807, 2.05) is 23.7 Å². The van der Waals surface area contributed by atoms with E-state index < -0.39 is 0 Å². The third-order valence-electron chi connectivity index (χ3n) is 4.80. The Labute approximate surface area is 175 Å². The van der Waals surface area contributed by atoms with Gasteiger partial charge in [0, 0.05) is 71.5 Å². The molecule has 2 N–H and O–H groups in total. The molecule has 0 unspecified atom stereocenters. The van der Waals surface area contributed by atoms with Crippen molar-refractivity contribution in [3.63, 3.8) is 0 Å². The number of rotatable bonds is 6. The van der Waals surface area contributed by atoms with E-state index in [-0.39, 0.29) is 0 Å². The Morgan fingerprint density at radius 3 is 2.46 bits per heavy atom. The van der Waals surface area contributed by atoms with Crippen LogP contribution in [0.3, 0.4) is 0 Å². The summed E-state index contributed by atoms with van der Waals surface area (Å²) in [5, 5.41) is 7.75. The van der Waals surface area contributed by atoms with Crippen molar-refractivity contribution >= 4 is 35.1 Å². The molecule has 3 heterocycles. The van der Waals surface area contributed by atoms with E-state index in [4.69, 9.17) is 23.2 Å². The van der Waals surface area contributed by atoms with Crippen LogP contribution < -0.4 is 15.5 Å². The van der Waals surface area contributed by atoms with Crippen LogP contribution in [0.1, 0.15) is 5.69 Å². The molecular formula is C18H26Cl2N8. The van der Waals surface area contributed by atoms with Crippen LogP contribution in [-0.4, -0.2) is 71.7 Å². The normalized spacial score (nSPS) is 15.7. The fraction of sp³-hybridized carbons (Fsp3) is 0.500. The van der Waals surface area contributed by atoms with Crippen LogP contribution in [0.2, 0.25) is 10.2 Å². The molecule has 28 heavy (non-hydrogen) atoms. The maximum Gasteiger partial charge on any atom is 0.225 e. The molecule has 0 aromatic carbocycles. The summed E-state index contributed by atoms with van der Waals surface area (Å²) in [4.78, 5) is 17.6. The Balaban J connectivity index is 1.37. The largest absolute Gasteiger partial charge is 0.355 e. The van der Waals surface area contributed by atoms with Crippen molar-refractivity contribution in [2.24, 2.45) is 12.0 Å². The summed E-state index contributed by atoms with van der Waals surface area (Å²) in [6.07, 6.45) is 3.57. The predicted molar refractivity (Wildman–Crippen MR) is 114 cm³/mol. The van der Waals surface area contributed by atoms with Crippen molar-refractivity contribution in [3.05, 3.63) is 40.4 Å². The van der Waals surface area contributed by atoms with E-state index in [1.54, 1.807) is 19.4 Å². The SMILES string of the molecule is CN=C(NCCN1CCN(c2ncccn2)CC1)NCc1cc(Cl)c(Cl)n1C. The van der Waals surface area contributed by atoms with Gasteiger partial charge in [-0.05, 0) is 12.1 Å². The van der Waals surface area contributed by atoms with Gasteiger partial charge in [-0.2, -0.15) is 0 Å². The molecule has 10 heteroatoms. The minimum Gasteiger partial charge on any atom is -0.355 e. The molecule has 0 spiro atoms. The Hall–Kier alpha value is -2.03. The first-order valence-electron chi connectivity index (χ1n) is 9.27. The number of hydrogen-bond acceptors (Lipinski definition) is 5. The lowest BCUT2D eigenvalue weighted by atomic mass is 10.3. The van der Waals surface area contributed by atoms with Crippen LogP contribution >= 0.6 is 23.2 Å². The number of anilines is 1. The number of nitrogens with one attached hydrogen (secondary N) is 2. The predicted octanol–water partition coefficient (Wildman–Crippen LogP) is 1.61. The Kier molecular flexibility index (Phi) is 7.36. The van der Waals surface area contributed by atoms with Gasteiger partial charge in [-0.25, -0.2) is 9.97 Å². The number of nitrogens with zero attached hydrogens (tertiary/aromatic N) is 6. The topological polar surface area (TPSA) is 73.6 Å². The zero-order chi connectivity index (χ0) is 19.9. The standard InChI is InChI=1S/C18H26Cl2N8/c1-21-17(25-13-14-12-15(19)16(20)26(14)2)22-6-7-27-8-10-28(11-9-27)18-23-4-3-5-24-18/h3-5,12H,6-11,13H2,1-2H3,(H2,21,22,25). The van der Waals surface area contributed by atoms with Crippen molar-refractivity contribution in [2.75, 3.05) is 51.2 Å². The fourth-order valence-electron chi connectivity index (χ4n) is 3.11. The van der Waals surface area contributed by atoms with Crippen LogP contribution in [0.4, 0.5) is 5.95 Å². The molecule has 0 amide bonds. The molecule has 1 fully saturated rings. The Bertz CT molecular complexity index is 784. The van der Waals surface area contributed by atoms with Crippen LogP contribution in [-0.2, 0) is 13.6 Å². The number of aliphatic imine (C=N–C) groups is 1. The maximum atomic E-state index is 6.11. The highest BCUT2D eigenvalue weighted by Crippen LogP contribution is 2.24. The maximum absolute atomic E-state index is 6.11. The van der Waals surface area contributed by atoms with Gasteiger partial charge in [0.1, 0.15) is 5.15 Å². The van der Waals surface area contributed by atoms with E-state index in [0.717, 1.165) is 56.9 Å². The zero-order valence-electron chi connectivity index (χ0n) is 16.2. The van der Waals surface area contributed by atoms with E-state index in [9.17, 15) is 0 Å². The average molecular weight is 425 g/mol. The van der Waals surface area contributed by atoms with Gasteiger partial charge in [-0.15, -0.1) is 0 Å². The van der Waals surface area contributed by atoms with Crippen LogP contribution in [0, 0.1) is 0 Å². The summed E-state index contributed by atoms with van der Waals surface area (Å²) in [6, 6.07) is 3.70. The first-order valence-corrected chi connectivity index (χ1v) is 10.0. The molecule has 0 radical (unpaired) electrons. The second-order valence-electron chi connectivity index (χ2n) is 6.56. The molecule has 3 rings (SSSR count). The molecule has 0 atom stereocenters. The number of guanidine groups is 1. The lowest BCUT2D eigenvalue weighted by Crippen LogP contribution is -2.49. The Morgan fingerprint density at radius 1 is 1.14 bits per heavy atom. The summed E-state index contributed by atoms with van der Waals surface area (Å²) in [5.41, 5.74) is 0.997. The molecule has 8 nitrogen and oxygen atoms in total. The molecule has 1 saturated heterocycles. The highest BCUT2D eigenvalue weighted by atomic mass is 35.5. The molecular weight excluding hydrogens is 399 g/mol. The van der Waals surface area contributed by atoms with Crippen molar-refractivity contribution in [1.82, 2.24) is 30.1 Å². The molecule has 0 saturated carbocycles. The fourth-order valence-corrected chi connectivity index (χ4v) is 3.53. The minimum absolute atomic E-state index is 0.543. The monoisotopic (exact) mass is 424 g/mol. The molecule has 2 aromatic rings. The van der Waals surface area contributed by atoms with Gasteiger partial charge in [0.2, 0.25) is 5.95 Å². The van der Waals surface area contributed by atoms with Gasteiger partial charge in [0.05, 0.1) is 11.6 Å². The van der Waals surface area contributed by atoms with Gasteiger partial charge >= 0.3 is 0 Å². The highest BCUT2D eigenvalue weighted by Gasteiger charge is 2.18. The summed E-state index contributed by atoms with van der Waals surface area (Å²) >= 11 is 12.2. The lowest BCUT2D eigenvalue weighted by molar-refractivity contribution is 0.260. The smallest absolute Gasteiger partial charge is 0.225 e. The van der Waals surface area contributed by atoms with Gasteiger partial charge < -0.3 is 20.1 Å². The molecule has 1 aliphatic heterocycles. The summed E-state index contributed by atoms with van der Waals surface area (Å²) in [5.74, 6) is 1.57. The van der Waals surface area contributed by atoms with E-state index in [1.165, 1.54) is 0 Å². The minimum atomic E-state index is 0.543. The number of halogens is 2. The van der Waals surface area contributed by atoms with E-state index in [2.05, 4.69) is 35.4 Å². The highest BCUT2D eigenvalue weighted by molar-refractivity contribution is 6.41. The van der Waals surface area contributed by atoms with Crippen molar-refractivity contribution in [2.45, 2.75) is 6.54 Å². The summed E-state index contributed by atoms with van der Waals surface area (Å²) < 4.78 is 1.86. The Morgan fingerprint density at radius 2 is 1.86 bits per heavy atom. The summed E-state index contributed by atoms with van der Waals surface area (Å²) in [7, 11) is 3.65. The molecule has 0 bridgehead atoms. The first kappa shape index (κ1) is 20.7. The number of aromatic nitrogens is 3. The quantitative estimate of drug-likeness (QED) is 0.541. The average Bonchev–Trinajstić information content (AvgIpc) is 2.98. The van der Waals surface area contributed by atoms with Gasteiger partial charge in [0.15, 0.2) is 5.96 Å². The van der Waals surface area contributed by atoms with Gasteiger partial charge in [-0.1, -0.05) is 23.2 Å². The van der Waals surface area contributed by atoms with Gasteiger partial charge in [-0.3, -0.25) is 9.89 Å².